The van der Waals surface area contributed by atoms with Gasteiger partial charge in [-0.1, -0.05) is 23.2 Å². The van der Waals surface area contributed by atoms with Crippen LogP contribution >= 0.6 is 23.2 Å². The van der Waals surface area contributed by atoms with Crippen LogP contribution in [0.2, 0.25) is 10.0 Å². The maximum absolute atomic E-state index is 11.9. The molecule has 0 aromatic heterocycles. The minimum atomic E-state index is -1.55. The lowest BCUT2D eigenvalue weighted by atomic mass is 10.2. The predicted octanol–water partition coefficient (Wildman–Crippen LogP) is 2.41. The third-order valence-electron chi connectivity index (χ3n) is 2.76. The predicted molar refractivity (Wildman–Crippen MR) is 70.9 cm³/mol. The van der Waals surface area contributed by atoms with Crippen LogP contribution < -0.4 is 4.90 Å². The number of amides is 1. The minimum Gasteiger partial charge on any atom is -0.502 e. The largest absolute Gasteiger partial charge is 0.502 e. The lowest BCUT2D eigenvalue weighted by Crippen LogP contribution is -2.27. The Bertz CT molecular complexity index is 598. The normalized spacial score (nSPS) is 14.4. The van der Waals surface area contributed by atoms with Gasteiger partial charge >= 0.3 is 5.97 Å². The van der Waals surface area contributed by atoms with Crippen LogP contribution in [0.15, 0.2) is 24.0 Å². The van der Waals surface area contributed by atoms with Crippen molar-refractivity contribution in [1.29, 1.82) is 0 Å². The van der Waals surface area contributed by atoms with E-state index in [9.17, 15) is 9.59 Å². The molecule has 100 valence electrons. The van der Waals surface area contributed by atoms with Gasteiger partial charge in [0.1, 0.15) is 0 Å². The van der Waals surface area contributed by atoms with Crippen molar-refractivity contribution in [2.45, 2.75) is 6.42 Å². The van der Waals surface area contributed by atoms with E-state index in [1.165, 1.54) is 4.90 Å². The molecule has 0 bridgehead atoms. The molecular weight excluding hydrogens is 293 g/mol. The number of benzene rings is 1. The van der Waals surface area contributed by atoms with Crippen LogP contribution in [-0.2, 0) is 16.0 Å². The van der Waals surface area contributed by atoms with E-state index in [4.69, 9.17) is 33.4 Å². The summed E-state index contributed by atoms with van der Waals surface area (Å²) in [6.45, 7) is 0.383. The van der Waals surface area contributed by atoms with E-state index in [0.717, 1.165) is 5.56 Å². The van der Waals surface area contributed by atoms with Gasteiger partial charge in [-0.25, -0.2) is 4.79 Å². The Morgan fingerprint density at radius 2 is 1.84 bits per heavy atom. The molecule has 1 aliphatic heterocycles. The molecule has 19 heavy (non-hydrogen) atoms. The number of carbonyl (C=O) groups excluding carboxylic acids is 1. The number of halogens is 2. The number of fused-ring (bicyclic) bond motifs is 1. The van der Waals surface area contributed by atoms with Gasteiger partial charge < -0.3 is 15.1 Å². The highest BCUT2D eigenvalue weighted by Crippen LogP contribution is 2.35. The van der Waals surface area contributed by atoms with Crippen LogP contribution in [0.25, 0.3) is 0 Å². The summed E-state index contributed by atoms with van der Waals surface area (Å²) in [6.07, 6.45) is 1.26. The molecule has 2 rings (SSSR count). The first kappa shape index (κ1) is 13.7. The lowest BCUT2D eigenvalue weighted by molar-refractivity contribution is -0.135. The third-order valence-corrected chi connectivity index (χ3v) is 3.48. The summed E-state index contributed by atoms with van der Waals surface area (Å²) in [7, 11) is 0. The fraction of sp³-hybridized carbons (Fsp3) is 0.167. The zero-order valence-corrected chi connectivity index (χ0v) is 11.1. The molecule has 0 aliphatic carbocycles. The second kappa shape index (κ2) is 5.11. The van der Waals surface area contributed by atoms with Gasteiger partial charge in [0.2, 0.25) is 5.76 Å². The first-order valence-electron chi connectivity index (χ1n) is 5.33. The van der Waals surface area contributed by atoms with E-state index in [2.05, 4.69) is 0 Å². The highest BCUT2D eigenvalue weighted by atomic mass is 35.5. The van der Waals surface area contributed by atoms with Crippen LogP contribution in [0.3, 0.4) is 0 Å². The molecule has 0 atom stereocenters. The van der Waals surface area contributed by atoms with Crippen molar-refractivity contribution in [2.24, 2.45) is 0 Å². The zero-order valence-electron chi connectivity index (χ0n) is 9.56. The molecule has 0 saturated carbocycles. The number of nitrogens with zero attached hydrogens (tertiary/aromatic N) is 1. The number of aliphatic carboxylic acids is 1. The summed E-state index contributed by atoms with van der Waals surface area (Å²) >= 11 is 11.8. The van der Waals surface area contributed by atoms with Crippen molar-refractivity contribution >= 4 is 40.8 Å². The van der Waals surface area contributed by atoms with Crippen LogP contribution in [-0.4, -0.2) is 28.6 Å². The second-order valence-corrected chi connectivity index (χ2v) is 4.78. The van der Waals surface area contributed by atoms with E-state index >= 15 is 0 Å². The first-order valence-corrected chi connectivity index (χ1v) is 6.09. The average Bonchev–Trinajstić information content (AvgIpc) is 2.72. The molecule has 0 spiro atoms. The Balaban J connectivity index is 2.32. The smallest absolute Gasteiger partial charge is 0.371 e. The Morgan fingerprint density at radius 1 is 1.21 bits per heavy atom. The van der Waals surface area contributed by atoms with E-state index in [1.807, 2.05) is 0 Å². The van der Waals surface area contributed by atoms with Gasteiger partial charge in [0.25, 0.3) is 5.91 Å². The molecule has 0 radical (unpaired) electrons. The van der Waals surface area contributed by atoms with Crippen LogP contribution in [0.1, 0.15) is 5.56 Å². The number of carbonyl (C=O) groups is 2. The average molecular weight is 302 g/mol. The van der Waals surface area contributed by atoms with E-state index in [0.29, 0.717) is 34.8 Å². The fourth-order valence-corrected chi connectivity index (χ4v) is 2.21. The van der Waals surface area contributed by atoms with Gasteiger partial charge in [0, 0.05) is 12.2 Å². The van der Waals surface area contributed by atoms with E-state index < -0.39 is 17.6 Å². The van der Waals surface area contributed by atoms with Gasteiger partial charge in [0.15, 0.2) is 0 Å². The van der Waals surface area contributed by atoms with E-state index in [1.54, 1.807) is 12.1 Å². The molecule has 1 amide bonds. The molecule has 1 aliphatic rings. The molecule has 5 nitrogen and oxygen atoms in total. The van der Waals surface area contributed by atoms with Gasteiger partial charge in [-0.3, -0.25) is 4.79 Å². The van der Waals surface area contributed by atoms with Crippen molar-refractivity contribution in [3.8, 4) is 0 Å². The van der Waals surface area contributed by atoms with Crippen molar-refractivity contribution in [2.75, 3.05) is 11.4 Å². The Labute approximate surface area is 118 Å². The third kappa shape index (κ3) is 2.67. The van der Waals surface area contributed by atoms with Gasteiger partial charge in [-0.2, -0.15) is 0 Å². The second-order valence-electron chi connectivity index (χ2n) is 3.97. The molecular formula is C12H9Cl2NO4. The number of hydrogen-bond donors (Lipinski definition) is 2. The summed E-state index contributed by atoms with van der Waals surface area (Å²) in [6, 6.07) is 3.23. The number of rotatable bonds is 2. The summed E-state index contributed by atoms with van der Waals surface area (Å²) < 4.78 is 0. The van der Waals surface area contributed by atoms with Crippen LogP contribution in [0.5, 0.6) is 0 Å². The van der Waals surface area contributed by atoms with Crippen molar-refractivity contribution in [1.82, 2.24) is 0 Å². The number of aliphatic hydroxyl groups excluding tert-OH is 1. The molecule has 2 N–H and O–H groups in total. The van der Waals surface area contributed by atoms with Crippen molar-refractivity contribution < 1.29 is 19.8 Å². The topological polar surface area (TPSA) is 77.8 Å². The number of anilines is 1. The monoisotopic (exact) mass is 301 g/mol. The number of aliphatic hydroxyl groups is 1. The Kier molecular flexibility index (Phi) is 3.68. The van der Waals surface area contributed by atoms with Gasteiger partial charge in [-0.15, -0.1) is 0 Å². The standard InChI is InChI=1S/C12H9Cl2NO4/c13-7-3-6-1-2-15(9(6)4-8(7)14)11(17)5-10(16)12(18)19/h3-5,16H,1-2H2,(H,18,19)/b10-5-. The van der Waals surface area contributed by atoms with Gasteiger partial charge in [-0.05, 0) is 24.1 Å². The van der Waals surface area contributed by atoms with Crippen LogP contribution in [0.4, 0.5) is 5.69 Å². The molecule has 1 aromatic rings. The molecule has 0 unspecified atom stereocenters. The Hall–Kier alpha value is -1.72. The quantitative estimate of drug-likeness (QED) is 0.649. The number of hydrogen-bond acceptors (Lipinski definition) is 3. The SMILES string of the molecule is O=C(O)/C(O)=C/C(=O)N1CCc2cc(Cl)c(Cl)cc21. The molecule has 0 saturated heterocycles. The summed E-state index contributed by atoms with van der Waals surface area (Å²) in [5.41, 5.74) is 1.43. The van der Waals surface area contributed by atoms with Crippen LogP contribution in [0, 0.1) is 0 Å². The maximum atomic E-state index is 11.9. The highest BCUT2D eigenvalue weighted by molar-refractivity contribution is 6.42. The van der Waals surface area contributed by atoms with Crippen molar-refractivity contribution in [3.05, 3.63) is 39.6 Å². The molecule has 0 fully saturated rings. The zero-order chi connectivity index (χ0) is 14.2. The summed E-state index contributed by atoms with van der Waals surface area (Å²) in [5.74, 6) is -3.17. The summed E-state index contributed by atoms with van der Waals surface area (Å²) in [4.78, 5) is 23.7. The minimum absolute atomic E-state index is 0.312. The number of carboxylic acid groups (broad SMARTS) is 1. The first-order chi connectivity index (χ1) is 8.90. The maximum Gasteiger partial charge on any atom is 0.371 e. The molecule has 7 heteroatoms. The van der Waals surface area contributed by atoms with Gasteiger partial charge in [0.05, 0.1) is 16.1 Å². The molecule has 1 aromatic carbocycles. The van der Waals surface area contributed by atoms with E-state index in [-0.39, 0.29) is 0 Å². The fourth-order valence-electron chi connectivity index (χ4n) is 1.87. The molecule has 1 heterocycles. The number of carboxylic acids is 1. The lowest BCUT2D eigenvalue weighted by Gasteiger charge is -2.15. The Morgan fingerprint density at radius 3 is 2.47 bits per heavy atom. The highest BCUT2D eigenvalue weighted by Gasteiger charge is 2.25. The van der Waals surface area contributed by atoms with Crippen molar-refractivity contribution in [3.63, 3.8) is 0 Å². The summed E-state index contributed by atoms with van der Waals surface area (Å²) in [5, 5.41) is 18.3.